The number of sulfonamides is 1. The van der Waals surface area contributed by atoms with Crippen molar-refractivity contribution in [3.63, 3.8) is 0 Å². The summed E-state index contributed by atoms with van der Waals surface area (Å²) in [7, 11) is -2.39. The van der Waals surface area contributed by atoms with Gasteiger partial charge in [-0.05, 0) is 74.0 Å². The standard InChI is InChI=1S/C29H44N2O7S/c1-29(2)37-21-24-19-23(12-14-26(24)38-29)25(32)20-31-15-7-4-5-8-16-36-17-9-6-10-22-11-13-27(35-3)28(18-22)39(30,33)34/h11-14,18-19,25,31-32H,4-10,15-17,20-21H2,1-3H3,(H2,30,33,34)/t25-/m0/s1. The first kappa shape index (κ1) is 31.3. The van der Waals surface area contributed by atoms with Crippen LogP contribution in [0.5, 0.6) is 11.5 Å². The molecule has 1 aliphatic rings. The number of aliphatic hydroxyl groups excluding tert-OH is 1. The molecule has 4 N–H and O–H groups in total. The van der Waals surface area contributed by atoms with Crippen LogP contribution in [-0.4, -0.2) is 52.7 Å². The van der Waals surface area contributed by atoms with E-state index in [0.717, 1.165) is 80.5 Å². The second-order valence-electron chi connectivity index (χ2n) is 10.4. The minimum Gasteiger partial charge on any atom is -0.495 e. The molecule has 10 heteroatoms. The van der Waals surface area contributed by atoms with Crippen molar-refractivity contribution < 1.29 is 32.5 Å². The van der Waals surface area contributed by atoms with Crippen molar-refractivity contribution in [3.05, 3.63) is 53.1 Å². The van der Waals surface area contributed by atoms with E-state index in [-0.39, 0.29) is 10.6 Å². The molecule has 0 aliphatic carbocycles. The summed E-state index contributed by atoms with van der Waals surface area (Å²) in [4.78, 5) is 0.0230. The largest absolute Gasteiger partial charge is 0.495 e. The van der Waals surface area contributed by atoms with Crippen molar-refractivity contribution in [1.29, 1.82) is 0 Å². The summed E-state index contributed by atoms with van der Waals surface area (Å²) in [5.74, 6) is 0.457. The molecule has 2 aromatic carbocycles. The SMILES string of the molecule is COc1ccc(CCCCOCCCCCCNC[C@H](O)c2ccc3c(c2)COC(C)(C)O3)cc1S(N)(=O)=O. The van der Waals surface area contributed by atoms with Gasteiger partial charge >= 0.3 is 0 Å². The first-order valence-corrected chi connectivity index (χ1v) is 15.3. The molecule has 3 rings (SSSR count). The van der Waals surface area contributed by atoms with E-state index in [9.17, 15) is 13.5 Å². The molecule has 0 fully saturated rings. The van der Waals surface area contributed by atoms with Gasteiger partial charge in [0, 0.05) is 39.2 Å². The Hall–Kier alpha value is -2.21. The Kier molecular flexibility index (Phi) is 12.0. The zero-order valence-corrected chi connectivity index (χ0v) is 24.2. The third-order valence-corrected chi connectivity index (χ3v) is 7.60. The molecular formula is C29H44N2O7S. The number of hydrogen-bond acceptors (Lipinski definition) is 8. The second kappa shape index (κ2) is 15.0. The third kappa shape index (κ3) is 10.4. The Balaban J connectivity index is 1.18. The van der Waals surface area contributed by atoms with E-state index in [4.69, 9.17) is 24.1 Å². The first-order chi connectivity index (χ1) is 18.6. The lowest BCUT2D eigenvalue weighted by Gasteiger charge is -2.33. The summed E-state index contributed by atoms with van der Waals surface area (Å²) in [6.45, 7) is 7.07. The van der Waals surface area contributed by atoms with Crippen molar-refractivity contribution in [2.75, 3.05) is 33.4 Å². The quantitative estimate of drug-likeness (QED) is 0.244. The van der Waals surface area contributed by atoms with E-state index in [1.807, 2.05) is 38.1 Å². The number of unbranched alkanes of at least 4 members (excludes halogenated alkanes) is 4. The predicted molar refractivity (Wildman–Crippen MR) is 150 cm³/mol. The zero-order chi connectivity index (χ0) is 28.3. The van der Waals surface area contributed by atoms with Gasteiger partial charge in [0.1, 0.15) is 16.4 Å². The van der Waals surface area contributed by atoms with E-state index in [2.05, 4.69) is 5.32 Å². The van der Waals surface area contributed by atoms with Crippen LogP contribution in [0.3, 0.4) is 0 Å². The Morgan fingerprint density at radius 1 is 1.05 bits per heavy atom. The van der Waals surface area contributed by atoms with Crippen molar-refractivity contribution in [3.8, 4) is 11.5 Å². The summed E-state index contributed by atoms with van der Waals surface area (Å²) in [5, 5.41) is 19.1. The smallest absolute Gasteiger partial charge is 0.241 e. The second-order valence-corrected chi connectivity index (χ2v) is 11.9. The molecule has 1 heterocycles. The Bertz CT molecular complexity index is 1150. The first-order valence-electron chi connectivity index (χ1n) is 13.7. The number of nitrogens with two attached hydrogens (primary N) is 1. The van der Waals surface area contributed by atoms with Crippen LogP contribution in [0.1, 0.15) is 75.2 Å². The third-order valence-electron chi connectivity index (χ3n) is 6.67. The number of rotatable bonds is 17. The van der Waals surface area contributed by atoms with Gasteiger partial charge in [-0.3, -0.25) is 0 Å². The number of fused-ring (bicyclic) bond motifs is 1. The minimum absolute atomic E-state index is 0.0230. The van der Waals surface area contributed by atoms with Crippen LogP contribution in [-0.2, 0) is 32.5 Å². The van der Waals surface area contributed by atoms with Gasteiger partial charge in [-0.25, -0.2) is 13.6 Å². The van der Waals surface area contributed by atoms with Crippen LogP contribution in [0.25, 0.3) is 0 Å². The maximum Gasteiger partial charge on any atom is 0.241 e. The normalized spacial score (nSPS) is 15.4. The van der Waals surface area contributed by atoms with Gasteiger partial charge in [0.25, 0.3) is 0 Å². The molecule has 0 saturated heterocycles. The number of benzene rings is 2. The molecule has 0 spiro atoms. The summed E-state index contributed by atoms with van der Waals surface area (Å²) >= 11 is 0. The number of nitrogens with one attached hydrogen (secondary N) is 1. The number of aryl methyl sites for hydroxylation is 1. The van der Waals surface area contributed by atoms with Crippen molar-refractivity contribution >= 4 is 10.0 Å². The number of hydrogen-bond donors (Lipinski definition) is 3. The van der Waals surface area contributed by atoms with Crippen LogP contribution in [0.2, 0.25) is 0 Å². The molecule has 1 atom stereocenters. The average molecular weight is 565 g/mol. The van der Waals surface area contributed by atoms with Crippen molar-refractivity contribution in [2.24, 2.45) is 5.14 Å². The van der Waals surface area contributed by atoms with Crippen molar-refractivity contribution in [1.82, 2.24) is 5.32 Å². The molecule has 218 valence electrons. The molecule has 0 aromatic heterocycles. The van der Waals surface area contributed by atoms with E-state index >= 15 is 0 Å². The molecule has 9 nitrogen and oxygen atoms in total. The molecule has 39 heavy (non-hydrogen) atoms. The molecule has 0 saturated carbocycles. The maximum absolute atomic E-state index is 11.7. The van der Waals surface area contributed by atoms with E-state index in [0.29, 0.717) is 19.8 Å². The van der Waals surface area contributed by atoms with Gasteiger partial charge in [0.2, 0.25) is 15.8 Å². The molecule has 1 aliphatic heterocycles. The van der Waals surface area contributed by atoms with Gasteiger partial charge in [0.05, 0.1) is 19.8 Å². The van der Waals surface area contributed by atoms with E-state index in [1.54, 1.807) is 12.1 Å². The van der Waals surface area contributed by atoms with Crippen LogP contribution >= 0.6 is 0 Å². The monoisotopic (exact) mass is 564 g/mol. The molecule has 2 aromatic rings. The number of methoxy groups -OCH3 is 1. The van der Waals surface area contributed by atoms with E-state index in [1.165, 1.54) is 7.11 Å². The lowest BCUT2D eigenvalue weighted by atomic mass is 10.0. The average Bonchev–Trinajstić information content (AvgIpc) is 2.89. The zero-order valence-electron chi connectivity index (χ0n) is 23.4. The summed E-state index contributed by atoms with van der Waals surface area (Å²) in [6.07, 6.45) is 6.28. The van der Waals surface area contributed by atoms with Crippen LogP contribution in [0.15, 0.2) is 41.3 Å². The highest BCUT2D eigenvalue weighted by Gasteiger charge is 2.27. The number of aliphatic hydroxyl groups is 1. The molecule has 0 radical (unpaired) electrons. The Morgan fingerprint density at radius 3 is 2.54 bits per heavy atom. The number of ether oxygens (including phenoxy) is 4. The topological polar surface area (TPSA) is 129 Å². The lowest BCUT2D eigenvalue weighted by Crippen LogP contribution is -2.35. The maximum atomic E-state index is 11.7. The molecule has 0 bridgehead atoms. The van der Waals surface area contributed by atoms with Crippen LogP contribution in [0, 0.1) is 0 Å². The van der Waals surface area contributed by atoms with Crippen LogP contribution in [0.4, 0.5) is 0 Å². The summed E-state index contributed by atoms with van der Waals surface area (Å²) < 4.78 is 45.8. The van der Waals surface area contributed by atoms with Gasteiger partial charge in [-0.2, -0.15) is 0 Å². The predicted octanol–water partition coefficient (Wildman–Crippen LogP) is 4.21. The van der Waals surface area contributed by atoms with E-state index < -0.39 is 21.9 Å². The van der Waals surface area contributed by atoms with Gasteiger partial charge in [-0.1, -0.05) is 25.0 Å². The Morgan fingerprint density at radius 2 is 1.79 bits per heavy atom. The molecule has 0 unspecified atom stereocenters. The summed E-state index contributed by atoms with van der Waals surface area (Å²) in [5.41, 5.74) is 2.74. The Labute approximate surface area is 233 Å². The molecule has 0 amide bonds. The fourth-order valence-corrected chi connectivity index (χ4v) is 5.21. The highest BCUT2D eigenvalue weighted by atomic mass is 32.2. The fourth-order valence-electron chi connectivity index (χ4n) is 4.46. The van der Waals surface area contributed by atoms with Gasteiger partial charge in [-0.15, -0.1) is 0 Å². The lowest BCUT2D eigenvalue weighted by molar-refractivity contribution is -0.180. The van der Waals surface area contributed by atoms with Crippen LogP contribution < -0.4 is 19.9 Å². The fraction of sp³-hybridized carbons (Fsp3) is 0.586. The van der Waals surface area contributed by atoms with Gasteiger partial charge < -0.3 is 29.4 Å². The molecular weight excluding hydrogens is 520 g/mol. The highest BCUT2D eigenvalue weighted by molar-refractivity contribution is 7.89. The highest BCUT2D eigenvalue weighted by Crippen LogP contribution is 2.32. The number of primary sulfonamides is 1. The van der Waals surface area contributed by atoms with Crippen molar-refractivity contribution in [2.45, 2.75) is 82.2 Å². The minimum atomic E-state index is -3.82. The summed E-state index contributed by atoms with van der Waals surface area (Å²) in [6, 6.07) is 10.9. The van der Waals surface area contributed by atoms with Gasteiger partial charge in [0.15, 0.2) is 0 Å².